The van der Waals surface area contributed by atoms with Crippen LogP contribution in [-0.2, 0) is 4.74 Å². The zero-order valence-electron chi connectivity index (χ0n) is 16.8. The van der Waals surface area contributed by atoms with Crippen LogP contribution in [0.4, 0.5) is 4.39 Å². The van der Waals surface area contributed by atoms with Crippen LogP contribution >= 0.6 is 0 Å². The summed E-state index contributed by atoms with van der Waals surface area (Å²) in [5.41, 5.74) is 2.43. The SMILES string of the molecule is COc1ccc(-c2coc(-c3ccc(F)cc3)c2C(=O)N2CCOCC2)cc1OC. The summed E-state index contributed by atoms with van der Waals surface area (Å²) in [6.45, 7) is 1.97. The van der Waals surface area contributed by atoms with Crippen LogP contribution in [0.25, 0.3) is 22.5 Å². The summed E-state index contributed by atoms with van der Waals surface area (Å²) in [5.74, 6) is 1.02. The largest absolute Gasteiger partial charge is 0.493 e. The Balaban J connectivity index is 1.84. The van der Waals surface area contributed by atoms with Gasteiger partial charge in [-0.25, -0.2) is 4.39 Å². The number of carbonyl (C=O) groups is 1. The molecule has 0 aliphatic carbocycles. The molecule has 7 heteroatoms. The summed E-state index contributed by atoms with van der Waals surface area (Å²) < 4.78 is 35.4. The molecule has 1 aliphatic rings. The normalized spacial score (nSPS) is 13.9. The second-order valence-electron chi connectivity index (χ2n) is 6.83. The zero-order chi connectivity index (χ0) is 21.1. The minimum atomic E-state index is -0.355. The van der Waals surface area contributed by atoms with Crippen molar-refractivity contribution in [2.75, 3.05) is 40.5 Å². The Labute approximate surface area is 173 Å². The van der Waals surface area contributed by atoms with E-state index in [1.54, 1.807) is 49.6 Å². The van der Waals surface area contributed by atoms with Gasteiger partial charge in [0.25, 0.3) is 5.91 Å². The van der Waals surface area contributed by atoms with E-state index in [0.717, 1.165) is 5.56 Å². The third kappa shape index (κ3) is 3.76. The molecule has 2 aromatic carbocycles. The Morgan fingerprint density at radius 2 is 1.63 bits per heavy atom. The number of amides is 1. The molecule has 1 saturated heterocycles. The maximum absolute atomic E-state index is 13.5. The highest BCUT2D eigenvalue weighted by molar-refractivity contribution is 6.06. The summed E-state index contributed by atoms with van der Waals surface area (Å²) in [6, 6.07) is 11.3. The van der Waals surface area contributed by atoms with Crippen molar-refractivity contribution in [3.63, 3.8) is 0 Å². The van der Waals surface area contributed by atoms with E-state index in [9.17, 15) is 9.18 Å². The molecule has 3 aromatic rings. The van der Waals surface area contributed by atoms with Crippen molar-refractivity contribution in [1.29, 1.82) is 0 Å². The van der Waals surface area contributed by atoms with Gasteiger partial charge in [0.05, 0.1) is 39.3 Å². The average Bonchev–Trinajstić information content (AvgIpc) is 3.24. The van der Waals surface area contributed by atoms with Crippen molar-refractivity contribution in [1.82, 2.24) is 4.90 Å². The fraction of sp³-hybridized carbons (Fsp3) is 0.261. The highest BCUT2D eigenvalue weighted by atomic mass is 19.1. The van der Waals surface area contributed by atoms with Gasteiger partial charge in [0.2, 0.25) is 0 Å². The summed E-state index contributed by atoms with van der Waals surface area (Å²) in [7, 11) is 3.12. The number of hydrogen-bond donors (Lipinski definition) is 0. The first-order valence-electron chi connectivity index (χ1n) is 9.59. The summed E-state index contributed by atoms with van der Waals surface area (Å²) in [5, 5.41) is 0. The molecule has 0 saturated carbocycles. The lowest BCUT2D eigenvalue weighted by Crippen LogP contribution is -2.40. The fourth-order valence-corrected chi connectivity index (χ4v) is 3.52. The standard InChI is InChI=1S/C23H22FNO5/c1-27-19-8-5-16(13-20(19)28-2)18-14-30-22(15-3-6-17(24)7-4-15)21(18)23(26)25-9-11-29-12-10-25/h3-8,13-14H,9-12H2,1-2H3. The number of morpholine rings is 1. The van der Waals surface area contributed by atoms with Crippen molar-refractivity contribution < 1.29 is 27.8 Å². The summed E-state index contributed by atoms with van der Waals surface area (Å²) in [6.07, 6.45) is 1.55. The van der Waals surface area contributed by atoms with Gasteiger partial charge in [0.15, 0.2) is 11.5 Å². The monoisotopic (exact) mass is 411 g/mol. The van der Waals surface area contributed by atoms with E-state index < -0.39 is 0 Å². The Morgan fingerprint density at radius 3 is 2.30 bits per heavy atom. The van der Waals surface area contributed by atoms with Gasteiger partial charge in [-0.15, -0.1) is 0 Å². The van der Waals surface area contributed by atoms with Crippen LogP contribution in [0, 0.1) is 5.82 Å². The van der Waals surface area contributed by atoms with Gasteiger partial charge in [-0.2, -0.15) is 0 Å². The molecule has 0 unspecified atom stereocenters. The van der Waals surface area contributed by atoms with Crippen LogP contribution in [0.5, 0.6) is 11.5 Å². The number of methoxy groups -OCH3 is 2. The highest BCUT2D eigenvalue weighted by Gasteiger charge is 2.28. The maximum atomic E-state index is 13.5. The van der Waals surface area contributed by atoms with Gasteiger partial charge in [-0.3, -0.25) is 4.79 Å². The van der Waals surface area contributed by atoms with E-state index in [1.165, 1.54) is 12.1 Å². The average molecular weight is 411 g/mol. The molecule has 0 N–H and O–H groups in total. The van der Waals surface area contributed by atoms with Crippen LogP contribution in [0.15, 0.2) is 53.1 Å². The fourth-order valence-electron chi connectivity index (χ4n) is 3.52. The van der Waals surface area contributed by atoms with Gasteiger partial charge in [0, 0.05) is 24.2 Å². The number of benzene rings is 2. The second kappa shape index (κ2) is 8.59. The second-order valence-corrected chi connectivity index (χ2v) is 6.83. The third-order valence-electron chi connectivity index (χ3n) is 5.10. The van der Waals surface area contributed by atoms with E-state index in [0.29, 0.717) is 60.3 Å². The van der Waals surface area contributed by atoms with Gasteiger partial charge in [-0.05, 0) is 42.0 Å². The van der Waals surface area contributed by atoms with Crippen molar-refractivity contribution in [2.45, 2.75) is 0 Å². The lowest BCUT2D eigenvalue weighted by molar-refractivity contribution is 0.0303. The molecule has 6 nitrogen and oxygen atoms in total. The maximum Gasteiger partial charge on any atom is 0.258 e. The Kier molecular flexibility index (Phi) is 5.72. The predicted molar refractivity (Wildman–Crippen MR) is 109 cm³/mol. The highest BCUT2D eigenvalue weighted by Crippen LogP contribution is 2.39. The molecule has 30 heavy (non-hydrogen) atoms. The number of rotatable bonds is 5. The number of furan rings is 1. The van der Waals surface area contributed by atoms with E-state index in [4.69, 9.17) is 18.6 Å². The first-order chi connectivity index (χ1) is 14.6. The first-order valence-corrected chi connectivity index (χ1v) is 9.59. The molecule has 0 atom stereocenters. The minimum absolute atomic E-state index is 0.156. The van der Waals surface area contributed by atoms with Crippen molar-refractivity contribution in [3.8, 4) is 33.9 Å². The van der Waals surface area contributed by atoms with Gasteiger partial charge >= 0.3 is 0 Å². The lowest BCUT2D eigenvalue weighted by atomic mass is 9.98. The number of ether oxygens (including phenoxy) is 3. The molecule has 1 aromatic heterocycles. The summed E-state index contributed by atoms with van der Waals surface area (Å²) >= 11 is 0. The number of nitrogens with zero attached hydrogens (tertiary/aromatic N) is 1. The van der Waals surface area contributed by atoms with Crippen LogP contribution in [0.2, 0.25) is 0 Å². The van der Waals surface area contributed by atoms with Crippen molar-refractivity contribution in [2.24, 2.45) is 0 Å². The van der Waals surface area contributed by atoms with Crippen molar-refractivity contribution in [3.05, 3.63) is 60.1 Å². The molecule has 0 bridgehead atoms. The Morgan fingerprint density at radius 1 is 0.967 bits per heavy atom. The summed E-state index contributed by atoms with van der Waals surface area (Å²) in [4.78, 5) is 15.2. The molecule has 2 heterocycles. The van der Waals surface area contributed by atoms with E-state index in [2.05, 4.69) is 0 Å². The Bertz CT molecular complexity index is 1040. The van der Waals surface area contributed by atoms with Gasteiger partial charge in [-0.1, -0.05) is 6.07 Å². The van der Waals surface area contributed by atoms with E-state index in [-0.39, 0.29) is 11.7 Å². The smallest absolute Gasteiger partial charge is 0.258 e. The van der Waals surface area contributed by atoms with E-state index >= 15 is 0 Å². The molecule has 1 amide bonds. The van der Waals surface area contributed by atoms with Crippen LogP contribution < -0.4 is 9.47 Å². The number of hydrogen-bond acceptors (Lipinski definition) is 5. The van der Waals surface area contributed by atoms with Crippen molar-refractivity contribution >= 4 is 5.91 Å². The van der Waals surface area contributed by atoms with E-state index in [1.807, 2.05) is 6.07 Å². The minimum Gasteiger partial charge on any atom is -0.493 e. The Hall–Kier alpha value is -3.32. The lowest BCUT2D eigenvalue weighted by Gasteiger charge is -2.27. The number of carbonyl (C=O) groups excluding carboxylic acids is 1. The molecule has 1 aliphatic heterocycles. The molecule has 0 spiro atoms. The molecular formula is C23H22FNO5. The van der Waals surface area contributed by atoms with Crippen LogP contribution in [-0.4, -0.2) is 51.3 Å². The van der Waals surface area contributed by atoms with Gasteiger partial charge < -0.3 is 23.5 Å². The predicted octanol–water partition coefficient (Wildman–Crippen LogP) is 4.24. The van der Waals surface area contributed by atoms with Crippen LogP contribution in [0.1, 0.15) is 10.4 Å². The molecule has 1 fully saturated rings. The molecule has 0 radical (unpaired) electrons. The van der Waals surface area contributed by atoms with Crippen LogP contribution in [0.3, 0.4) is 0 Å². The quantitative estimate of drug-likeness (QED) is 0.628. The first kappa shape index (κ1) is 20.0. The molecular weight excluding hydrogens is 389 g/mol. The zero-order valence-corrected chi connectivity index (χ0v) is 16.8. The number of halogens is 1. The molecule has 156 valence electrons. The third-order valence-corrected chi connectivity index (χ3v) is 5.10. The van der Waals surface area contributed by atoms with Gasteiger partial charge in [0.1, 0.15) is 11.6 Å². The molecule has 4 rings (SSSR count). The topological polar surface area (TPSA) is 61.1 Å².